The third kappa shape index (κ3) is 5.14. The molecule has 4 nitrogen and oxygen atoms in total. The van der Waals surface area contributed by atoms with E-state index < -0.39 is 0 Å². The fraction of sp³-hybridized carbons (Fsp3) is 0.909. The van der Waals surface area contributed by atoms with Gasteiger partial charge in [-0.2, -0.15) is 0 Å². The van der Waals surface area contributed by atoms with Gasteiger partial charge in [-0.3, -0.25) is 4.79 Å². The maximum Gasteiger partial charge on any atom is 0.219 e. The zero-order valence-electron chi connectivity index (χ0n) is 9.86. The van der Waals surface area contributed by atoms with Crippen LogP contribution in [0.1, 0.15) is 26.7 Å². The predicted molar refractivity (Wildman–Crippen MR) is 57.7 cm³/mol. The third-order valence-electron chi connectivity index (χ3n) is 2.72. The van der Waals surface area contributed by atoms with Gasteiger partial charge < -0.3 is 14.4 Å². The van der Waals surface area contributed by atoms with Crippen molar-refractivity contribution >= 4 is 5.91 Å². The van der Waals surface area contributed by atoms with E-state index in [0.29, 0.717) is 25.4 Å². The van der Waals surface area contributed by atoms with Crippen LogP contribution in [0.4, 0.5) is 0 Å². The molecular formula is C11H21NO3. The average Bonchev–Trinajstić information content (AvgIpc) is 2.87. The van der Waals surface area contributed by atoms with Gasteiger partial charge in [0.15, 0.2) is 0 Å². The molecule has 2 atom stereocenters. The first-order chi connectivity index (χ1) is 7.11. The first kappa shape index (κ1) is 12.5. The Morgan fingerprint density at radius 1 is 1.47 bits per heavy atom. The van der Waals surface area contributed by atoms with Crippen LogP contribution in [0, 0.1) is 0 Å². The van der Waals surface area contributed by atoms with Crippen LogP contribution in [0.15, 0.2) is 0 Å². The minimum Gasteiger partial charge on any atom is -0.380 e. The summed E-state index contributed by atoms with van der Waals surface area (Å²) in [6.45, 7) is 5.71. The number of carbonyl (C=O) groups excluding carboxylic acids is 1. The van der Waals surface area contributed by atoms with Crippen molar-refractivity contribution in [2.75, 3.05) is 26.8 Å². The summed E-state index contributed by atoms with van der Waals surface area (Å²) in [6, 6.07) is 0. The molecule has 0 aromatic rings. The summed E-state index contributed by atoms with van der Waals surface area (Å²) in [4.78, 5) is 12.5. The second-order valence-corrected chi connectivity index (χ2v) is 4.07. The molecule has 1 rings (SSSR count). The lowest BCUT2D eigenvalue weighted by Crippen LogP contribution is -2.27. The summed E-state index contributed by atoms with van der Waals surface area (Å²) in [5.74, 6) is 0.0822. The molecule has 0 aromatic carbocycles. The van der Waals surface area contributed by atoms with Crippen molar-refractivity contribution in [1.82, 2.24) is 4.90 Å². The largest absolute Gasteiger partial charge is 0.380 e. The van der Waals surface area contributed by atoms with Crippen LogP contribution >= 0.6 is 0 Å². The van der Waals surface area contributed by atoms with Gasteiger partial charge in [-0.15, -0.1) is 0 Å². The SMILES string of the molecule is CC(=O)N(C)CCOCCCC1OC1C. The minimum absolute atomic E-state index is 0.0822. The normalized spacial score (nSPS) is 23.9. The molecule has 1 amide bonds. The lowest BCUT2D eigenvalue weighted by Gasteiger charge is -2.14. The Bertz CT molecular complexity index is 208. The van der Waals surface area contributed by atoms with Crippen LogP contribution in [0.5, 0.6) is 0 Å². The van der Waals surface area contributed by atoms with Gasteiger partial charge in [-0.1, -0.05) is 0 Å². The van der Waals surface area contributed by atoms with E-state index in [1.807, 2.05) is 0 Å². The third-order valence-corrected chi connectivity index (χ3v) is 2.72. The number of epoxide rings is 1. The smallest absolute Gasteiger partial charge is 0.219 e. The van der Waals surface area contributed by atoms with Crippen molar-refractivity contribution in [3.63, 3.8) is 0 Å². The molecule has 0 aliphatic carbocycles. The van der Waals surface area contributed by atoms with Crippen molar-refractivity contribution in [3.05, 3.63) is 0 Å². The van der Waals surface area contributed by atoms with E-state index in [2.05, 4.69) is 6.92 Å². The molecule has 1 aliphatic heterocycles. The second-order valence-electron chi connectivity index (χ2n) is 4.07. The Labute approximate surface area is 91.5 Å². The van der Waals surface area contributed by atoms with Gasteiger partial charge in [-0.05, 0) is 19.8 Å². The molecular weight excluding hydrogens is 194 g/mol. The molecule has 1 heterocycles. The fourth-order valence-corrected chi connectivity index (χ4v) is 1.38. The van der Waals surface area contributed by atoms with E-state index in [9.17, 15) is 4.79 Å². The molecule has 2 unspecified atom stereocenters. The van der Waals surface area contributed by atoms with E-state index in [1.54, 1.807) is 18.9 Å². The molecule has 88 valence electrons. The average molecular weight is 215 g/mol. The summed E-state index contributed by atoms with van der Waals surface area (Å²) in [6.07, 6.45) is 3.05. The topological polar surface area (TPSA) is 42.1 Å². The summed E-state index contributed by atoms with van der Waals surface area (Å²) >= 11 is 0. The molecule has 0 bridgehead atoms. The van der Waals surface area contributed by atoms with Gasteiger partial charge >= 0.3 is 0 Å². The lowest BCUT2D eigenvalue weighted by molar-refractivity contribution is -0.128. The summed E-state index contributed by atoms with van der Waals surface area (Å²) in [5.41, 5.74) is 0. The molecule has 1 aliphatic rings. The van der Waals surface area contributed by atoms with Crippen LogP contribution < -0.4 is 0 Å². The summed E-state index contributed by atoms with van der Waals surface area (Å²) in [7, 11) is 1.78. The molecule has 0 saturated carbocycles. The lowest BCUT2D eigenvalue weighted by atomic mass is 10.2. The number of rotatable bonds is 7. The highest BCUT2D eigenvalue weighted by molar-refractivity contribution is 5.72. The Morgan fingerprint density at radius 2 is 2.13 bits per heavy atom. The first-order valence-corrected chi connectivity index (χ1v) is 5.56. The molecule has 0 N–H and O–H groups in total. The van der Waals surface area contributed by atoms with Gasteiger partial charge in [0.2, 0.25) is 5.91 Å². The zero-order valence-corrected chi connectivity index (χ0v) is 9.86. The molecule has 1 saturated heterocycles. The molecule has 0 aromatic heterocycles. The van der Waals surface area contributed by atoms with E-state index in [-0.39, 0.29) is 5.91 Å². The van der Waals surface area contributed by atoms with E-state index in [0.717, 1.165) is 19.4 Å². The standard InChI is InChI=1S/C11H21NO3/c1-9-11(15-9)5-4-7-14-8-6-12(3)10(2)13/h9,11H,4-8H2,1-3H3. The van der Waals surface area contributed by atoms with E-state index >= 15 is 0 Å². The Balaban J connectivity index is 1.82. The summed E-state index contributed by atoms with van der Waals surface area (Å²) in [5, 5.41) is 0. The van der Waals surface area contributed by atoms with Crippen molar-refractivity contribution in [3.8, 4) is 0 Å². The molecule has 0 spiro atoms. The maximum absolute atomic E-state index is 10.9. The van der Waals surface area contributed by atoms with Crippen molar-refractivity contribution < 1.29 is 14.3 Å². The van der Waals surface area contributed by atoms with Gasteiger partial charge in [0.1, 0.15) is 0 Å². The highest BCUT2D eigenvalue weighted by Crippen LogP contribution is 2.25. The van der Waals surface area contributed by atoms with Crippen LogP contribution in [0.25, 0.3) is 0 Å². The molecule has 0 radical (unpaired) electrons. The van der Waals surface area contributed by atoms with Gasteiger partial charge in [0.25, 0.3) is 0 Å². The molecule has 4 heteroatoms. The van der Waals surface area contributed by atoms with Gasteiger partial charge in [-0.25, -0.2) is 0 Å². The Kier molecular flexibility index (Phi) is 5.05. The Hall–Kier alpha value is -0.610. The van der Waals surface area contributed by atoms with Crippen molar-refractivity contribution in [2.45, 2.75) is 38.9 Å². The van der Waals surface area contributed by atoms with Gasteiger partial charge in [0, 0.05) is 27.1 Å². The zero-order chi connectivity index (χ0) is 11.3. The number of likely N-dealkylation sites (N-methyl/N-ethyl adjacent to an activating group) is 1. The monoisotopic (exact) mass is 215 g/mol. The van der Waals surface area contributed by atoms with Crippen LogP contribution in [0.2, 0.25) is 0 Å². The van der Waals surface area contributed by atoms with E-state index in [4.69, 9.17) is 9.47 Å². The van der Waals surface area contributed by atoms with Gasteiger partial charge in [0.05, 0.1) is 18.8 Å². The highest BCUT2D eigenvalue weighted by Gasteiger charge is 2.32. The fourth-order valence-electron chi connectivity index (χ4n) is 1.38. The minimum atomic E-state index is 0.0822. The first-order valence-electron chi connectivity index (χ1n) is 5.56. The number of nitrogens with zero attached hydrogens (tertiary/aromatic N) is 1. The number of hydrogen-bond acceptors (Lipinski definition) is 3. The number of amides is 1. The number of ether oxygens (including phenoxy) is 2. The number of hydrogen-bond donors (Lipinski definition) is 0. The van der Waals surface area contributed by atoms with Crippen LogP contribution in [-0.4, -0.2) is 49.8 Å². The van der Waals surface area contributed by atoms with Crippen molar-refractivity contribution in [2.24, 2.45) is 0 Å². The number of carbonyl (C=O) groups is 1. The van der Waals surface area contributed by atoms with E-state index in [1.165, 1.54) is 0 Å². The van der Waals surface area contributed by atoms with Crippen LogP contribution in [-0.2, 0) is 14.3 Å². The van der Waals surface area contributed by atoms with Crippen molar-refractivity contribution in [1.29, 1.82) is 0 Å². The quantitative estimate of drug-likeness (QED) is 0.471. The second kappa shape index (κ2) is 6.08. The van der Waals surface area contributed by atoms with Crippen LogP contribution in [0.3, 0.4) is 0 Å². The maximum atomic E-state index is 10.9. The molecule has 15 heavy (non-hydrogen) atoms. The predicted octanol–water partition coefficient (Wildman–Crippen LogP) is 1.05. The summed E-state index contributed by atoms with van der Waals surface area (Å²) < 4.78 is 10.7. The highest BCUT2D eigenvalue weighted by atomic mass is 16.6. The Morgan fingerprint density at radius 3 is 2.67 bits per heavy atom. The molecule has 1 fully saturated rings.